The first kappa shape index (κ1) is 18.2. The Kier molecular flexibility index (Phi) is 7.00. The van der Waals surface area contributed by atoms with Gasteiger partial charge in [-0.2, -0.15) is 0 Å². The van der Waals surface area contributed by atoms with Gasteiger partial charge in [0.1, 0.15) is 5.75 Å². The van der Waals surface area contributed by atoms with Crippen molar-refractivity contribution in [3.63, 3.8) is 0 Å². The molecule has 0 saturated heterocycles. The third kappa shape index (κ3) is 5.81. The number of rotatable bonds is 8. The molecule has 2 rings (SSSR count). The number of carbonyl (C=O) groups is 1. The molecule has 0 spiro atoms. The normalized spacial score (nSPS) is 11.0. The van der Waals surface area contributed by atoms with Gasteiger partial charge in [-0.15, -0.1) is 11.3 Å². The highest BCUT2D eigenvalue weighted by Gasteiger charge is 2.02. The summed E-state index contributed by atoms with van der Waals surface area (Å²) >= 11 is 1.70. The number of carbonyl (C=O) groups excluding carboxylic acids is 1. The van der Waals surface area contributed by atoms with Gasteiger partial charge < -0.3 is 10.1 Å². The van der Waals surface area contributed by atoms with Crippen LogP contribution in [0.15, 0.2) is 29.7 Å². The van der Waals surface area contributed by atoms with Gasteiger partial charge in [-0.1, -0.05) is 11.6 Å². The lowest BCUT2D eigenvalue weighted by Gasteiger charge is -2.05. The molecule has 2 aromatic rings. The van der Waals surface area contributed by atoms with Crippen molar-refractivity contribution in [2.45, 2.75) is 33.1 Å². The molecule has 0 radical (unpaired) electrons. The molecule has 1 aromatic heterocycles. The van der Waals surface area contributed by atoms with Crippen LogP contribution in [0.4, 0.5) is 0 Å². The van der Waals surface area contributed by atoms with Crippen LogP contribution in [0, 0.1) is 13.8 Å². The van der Waals surface area contributed by atoms with Crippen molar-refractivity contribution in [2.24, 2.45) is 0 Å². The standard InChI is InChI=1S/C19H24N2O2S/c1-14-7-9-17(23-3)16(12-14)8-10-18(22)20-11-5-4-6-19-21-15(2)13-24-19/h7-10,12-13H,4-6,11H2,1-3H3,(H,20,22)/b10-8+. The Morgan fingerprint density at radius 1 is 1.33 bits per heavy atom. The maximum atomic E-state index is 11.9. The minimum atomic E-state index is -0.0800. The van der Waals surface area contributed by atoms with Crippen LogP contribution >= 0.6 is 11.3 Å². The lowest BCUT2D eigenvalue weighted by atomic mass is 10.1. The highest BCUT2D eigenvalue weighted by molar-refractivity contribution is 7.09. The molecule has 1 amide bonds. The molecule has 1 heterocycles. The zero-order valence-corrected chi connectivity index (χ0v) is 15.3. The molecule has 4 nitrogen and oxygen atoms in total. The number of benzene rings is 1. The van der Waals surface area contributed by atoms with Gasteiger partial charge in [0.2, 0.25) is 5.91 Å². The molecular formula is C19H24N2O2S. The molecule has 0 bridgehead atoms. The Labute approximate surface area is 147 Å². The number of aromatic nitrogens is 1. The van der Waals surface area contributed by atoms with Gasteiger partial charge in [-0.05, 0) is 51.3 Å². The molecule has 1 aromatic carbocycles. The van der Waals surface area contributed by atoms with Crippen molar-refractivity contribution >= 4 is 23.3 Å². The minimum absolute atomic E-state index is 0.0800. The predicted octanol–water partition coefficient (Wildman–Crippen LogP) is 3.92. The quantitative estimate of drug-likeness (QED) is 0.583. The fourth-order valence-corrected chi connectivity index (χ4v) is 3.16. The van der Waals surface area contributed by atoms with Crippen LogP contribution < -0.4 is 10.1 Å². The zero-order chi connectivity index (χ0) is 17.4. The topological polar surface area (TPSA) is 51.2 Å². The Bertz CT molecular complexity index is 707. The predicted molar refractivity (Wildman–Crippen MR) is 99.6 cm³/mol. The van der Waals surface area contributed by atoms with Gasteiger partial charge in [0.15, 0.2) is 0 Å². The summed E-state index contributed by atoms with van der Waals surface area (Å²) in [4.78, 5) is 16.3. The SMILES string of the molecule is COc1ccc(C)cc1/C=C/C(=O)NCCCCc1nc(C)cs1. The summed E-state index contributed by atoms with van der Waals surface area (Å²) in [6.45, 7) is 4.70. The number of aryl methyl sites for hydroxylation is 3. The van der Waals surface area contributed by atoms with E-state index in [2.05, 4.69) is 15.7 Å². The van der Waals surface area contributed by atoms with E-state index in [-0.39, 0.29) is 5.91 Å². The molecule has 128 valence electrons. The number of hydrogen-bond donors (Lipinski definition) is 1. The summed E-state index contributed by atoms with van der Waals surface area (Å²) in [5.41, 5.74) is 3.13. The summed E-state index contributed by atoms with van der Waals surface area (Å²) in [5, 5.41) is 6.16. The molecule has 24 heavy (non-hydrogen) atoms. The van der Waals surface area contributed by atoms with Crippen LogP contribution in [0.25, 0.3) is 6.08 Å². The van der Waals surface area contributed by atoms with E-state index in [0.717, 1.165) is 41.8 Å². The highest BCUT2D eigenvalue weighted by Crippen LogP contribution is 2.20. The van der Waals surface area contributed by atoms with Crippen molar-refractivity contribution in [3.8, 4) is 5.75 Å². The van der Waals surface area contributed by atoms with Gasteiger partial charge in [0.25, 0.3) is 0 Å². The van der Waals surface area contributed by atoms with E-state index in [1.165, 1.54) is 5.01 Å². The van der Waals surface area contributed by atoms with Crippen LogP contribution in [0.5, 0.6) is 5.75 Å². The third-order valence-corrected chi connectivity index (χ3v) is 4.61. The van der Waals surface area contributed by atoms with Gasteiger partial charge >= 0.3 is 0 Å². The minimum Gasteiger partial charge on any atom is -0.496 e. The van der Waals surface area contributed by atoms with Crippen LogP contribution in [0.2, 0.25) is 0 Å². The molecule has 0 aliphatic rings. The zero-order valence-electron chi connectivity index (χ0n) is 14.5. The first-order valence-corrected chi connectivity index (χ1v) is 8.98. The number of nitrogens with one attached hydrogen (secondary N) is 1. The summed E-state index contributed by atoms with van der Waals surface area (Å²) in [6, 6.07) is 5.89. The Balaban J connectivity index is 1.72. The van der Waals surface area contributed by atoms with E-state index in [0.29, 0.717) is 6.54 Å². The summed E-state index contributed by atoms with van der Waals surface area (Å²) in [5.74, 6) is 0.687. The second-order valence-corrected chi connectivity index (χ2v) is 6.65. The maximum absolute atomic E-state index is 11.9. The number of nitrogens with zero attached hydrogens (tertiary/aromatic N) is 1. The Morgan fingerprint density at radius 3 is 2.88 bits per heavy atom. The summed E-state index contributed by atoms with van der Waals surface area (Å²) in [6.07, 6.45) is 6.31. The van der Waals surface area contributed by atoms with Crippen molar-refractivity contribution in [1.29, 1.82) is 0 Å². The number of unbranched alkanes of at least 4 members (excludes halogenated alkanes) is 1. The maximum Gasteiger partial charge on any atom is 0.244 e. The number of thiazole rings is 1. The van der Waals surface area contributed by atoms with Crippen LogP contribution in [-0.2, 0) is 11.2 Å². The van der Waals surface area contributed by atoms with E-state index < -0.39 is 0 Å². The number of methoxy groups -OCH3 is 1. The monoisotopic (exact) mass is 344 g/mol. The molecule has 0 aliphatic heterocycles. The fraction of sp³-hybridized carbons (Fsp3) is 0.368. The Morgan fingerprint density at radius 2 is 2.17 bits per heavy atom. The van der Waals surface area contributed by atoms with Crippen molar-refractivity contribution < 1.29 is 9.53 Å². The average Bonchev–Trinajstić information content (AvgIpc) is 2.98. The molecule has 0 aliphatic carbocycles. The van der Waals surface area contributed by atoms with E-state index in [4.69, 9.17) is 4.74 Å². The summed E-state index contributed by atoms with van der Waals surface area (Å²) < 4.78 is 5.30. The lowest BCUT2D eigenvalue weighted by Crippen LogP contribution is -2.22. The molecule has 0 saturated carbocycles. The number of ether oxygens (including phenoxy) is 1. The second-order valence-electron chi connectivity index (χ2n) is 5.71. The van der Waals surface area contributed by atoms with E-state index in [9.17, 15) is 4.79 Å². The van der Waals surface area contributed by atoms with E-state index in [1.54, 1.807) is 30.6 Å². The molecule has 1 N–H and O–H groups in total. The average molecular weight is 344 g/mol. The van der Waals surface area contributed by atoms with Crippen LogP contribution in [-0.4, -0.2) is 24.5 Å². The third-order valence-electron chi connectivity index (χ3n) is 3.58. The molecule has 0 atom stereocenters. The number of amides is 1. The lowest BCUT2D eigenvalue weighted by molar-refractivity contribution is -0.116. The first-order chi connectivity index (χ1) is 11.6. The molecular weight excluding hydrogens is 320 g/mol. The molecule has 5 heteroatoms. The largest absolute Gasteiger partial charge is 0.496 e. The van der Waals surface area contributed by atoms with Crippen molar-refractivity contribution in [1.82, 2.24) is 10.3 Å². The van der Waals surface area contributed by atoms with Crippen LogP contribution in [0.1, 0.15) is 34.7 Å². The first-order valence-electron chi connectivity index (χ1n) is 8.10. The fourth-order valence-electron chi connectivity index (χ4n) is 2.34. The molecule has 0 unspecified atom stereocenters. The smallest absolute Gasteiger partial charge is 0.244 e. The van der Waals surface area contributed by atoms with Crippen molar-refractivity contribution in [3.05, 3.63) is 51.5 Å². The Hall–Kier alpha value is -2.14. The van der Waals surface area contributed by atoms with Gasteiger partial charge in [0.05, 0.1) is 12.1 Å². The van der Waals surface area contributed by atoms with Crippen molar-refractivity contribution in [2.75, 3.05) is 13.7 Å². The summed E-state index contributed by atoms with van der Waals surface area (Å²) in [7, 11) is 1.63. The second kappa shape index (κ2) is 9.23. The van der Waals surface area contributed by atoms with E-state index >= 15 is 0 Å². The van der Waals surface area contributed by atoms with E-state index in [1.807, 2.05) is 32.0 Å². The van der Waals surface area contributed by atoms with Gasteiger partial charge in [-0.3, -0.25) is 4.79 Å². The molecule has 0 fully saturated rings. The number of hydrogen-bond acceptors (Lipinski definition) is 4. The van der Waals surface area contributed by atoms with Gasteiger partial charge in [0, 0.05) is 29.3 Å². The highest BCUT2D eigenvalue weighted by atomic mass is 32.1. The van der Waals surface area contributed by atoms with Gasteiger partial charge in [-0.25, -0.2) is 4.98 Å². The van der Waals surface area contributed by atoms with Crippen LogP contribution in [0.3, 0.4) is 0 Å².